The van der Waals surface area contributed by atoms with Gasteiger partial charge in [0, 0.05) is 11.6 Å². The minimum atomic E-state index is -4.43. The molecule has 1 fully saturated rings. The fourth-order valence-electron chi connectivity index (χ4n) is 2.51. The van der Waals surface area contributed by atoms with E-state index in [1.54, 1.807) is 24.3 Å². The Kier molecular flexibility index (Phi) is 5.69. The summed E-state index contributed by atoms with van der Waals surface area (Å²) in [5, 5.41) is 0.452. The third-order valence-corrected chi connectivity index (χ3v) is 3.73. The average Bonchev–Trinajstić information content (AvgIpc) is 2.45. The lowest BCUT2D eigenvalue weighted by Crippen LogP contribution is -2.49. The van der Waals surface area contributed by atoms with Crippen LogP contribution >= 0.6 is 11.6 Å². The van der Waals surface area contributed by atoms with E-state index in [-0.39, 0.29) is 13.0 Å². The predicted octanol–water partition coefficient (Wildman–Crippen LogP) is 3.45. The first-order valence-corrected chi connectivity index (χ1v) is 7.41. The summed E-state index contributed by atoms with van der Waals surface area (Å²) >= 11 is 5.84. The van der Waals surface area contributed by atoms with Gasteiger partial charge in [-0.2, -0.15) is 13.2 Å². The molecule has 0 N–H and O–H groups in total. The molecule has 0 bridgehead atoms. The number of benzene rings is 1. The number of alkyl halides is 3. The summed E-state index contributed by atoms with van der Waals surface area (Å²) in [5.41, 5.74) is 0.599. The van der Waals surface area contributed by atoms with E-state index in [2.05, 4.69) is 0 Å². The fraction of sp³-hybridized carbons (Fsp3) is 0.533. The summed E-state index contributed by atoms with van der Waals surface area (Å²) in [7, 11) is 0. The van der Waals surface area contributed by atoms with Gasteiger partial charge in [-0.3, -0.25) is 4.79 Å². The third-order valence-electron chi connectivity index (χ3n) is 3.49. The van der Waals surface area contributed by atoms with E-state index < -0.39 is 24.7 Å². The van der Waals surface area contributed by atoms with Crippen LogP contribution in [0.4, 0.5) is 13.2 Å². The molecule has 0 aliphatic carbocycles. The molecule has 1 heterocycles. The summed E-state index contributed by atoms with van der Waals surface area (Å²) in [5.74, 6) is -0.560. The van der Waals surface area contributed by atoms with Crippen molar-refractivity contribution in [1.82, 2.24) is 4.90 Å². The van der Waals surface area contributed by atoms with Crippen molar-refractivity contribution in [1.29, 1.82) is 0 Å². The van der Waals surface area contributed by atoms with Gasteiger partial charge >= 0.3 is 6.18 Å². The van der Waals surface area contributed by atoms with Gasteiger partial charge in [0.1, 0.15) is 6.54 Å². The number of carbonyl (C=O) groups is 1. The van der Waals surface area contributed by atoms with Crippen LogP contribution in [0.15, 0.2) is 24.3 Å². The molecule has 1 aromatic carbocycles. The number of hydrogen-bond donors (Lipinski definition) is 0. The molecule has 1 aliphatic heterocycles. The van der Waals surface area contributed by atoms with E-state index in [4.69, 9.17) is 16.3 Å². The lowest BCUT2D eigenvalue weighted by molar-refractivity contribution is -0.169. The monoisotopic (exact) mass is 335 g/mol. The molecule has 1 amide bonds. The smallest absolute Gasteiger partial charge is 0.379 e. The van der Waals surface area contributed by atoms with Gasteiger partial charge < -0.3 is 9.64 Å². The quantitative estimate of drug-likeness (QED) is 0.843. The second-order valence-electron chi connectivity index (χ2n) is 5.31. The van der Waals surface area contributed by atoms with E-state index in [0.29, 0.717) is 30.0 Å². The maximum Gasteiger partial charge on any atom is 0.406 e. The Morgan fingerprint density at radius 3 is 2.77 bits per heavy atom. The van der Waals surface area contributed by atoms with Gasteiger partial charge in [-0.1, -0.05) is 23.7 Å². The first kappa shape index (κ1) is 17.1. The summed E-state index contributed by atoms with van der Waals surface area (Å²) < 4.78 is 43.5. The maximum absolute atomic E-state index is 12.8. The first-order valence-electron chi connectivity index (χ1n) is 7.03. The molecule has 22 heavy (non-hydrogen) atoms. The number of rotatable bonds is 4. The zero-order chi connectivity index (χ0) is 16.2. The van der Waals surface area contributed by atoms with E-state index in [9.17, 15) is 18.0 Å². The molecule has 3 nitrogen and oxygen atoms in total. The van der Waals surface area contributed by atoms with Crippen molar-refractivity contribution in [3.8, 4) is 0 Å². The number of halogens is 4. The van der Waals surface area contributed by atoms with Crippen LogP contribution in [-0.2, 0) is 16.0 Å². The van der Waals surface area contributed by atoms with Crippen molar-refractivity contribution in [2.45, 2.75) is 31.5 Å². The van der Waals surface area contributed by atoms with Crippen molar-refractivity contribution in [3.63, 3.8) is 0 Å². The molecule has 0 aromatic heterocycles. The molecule has 0 radical (unpaired) electrons. The molecular weight excluding hydrogens is 319 g/mol. The summed E-state index contributed by atoms with van der Waals surface area (Å²) in [6.45, 7) is -0.573. The molecule has 1 atom stereocenters. The minimum absolute atomic E-state index is 0.104. The van der Waals surface area contributed by atoms with E-state index in [1.165, 1.54) is 0 Å². The molecule has 1 saturated heterocycles. The predicted molar refractivity (Wildman–Crippen MR) is 76.8 cm³/mol. The number of nitrogens with zero attached hydrogens (tertiary/aromatic N) is 1. The van der Waals surface area contributed by atoms with Crippen LogP contribution in [0, 0.1) is 0 Å². The van der Waals surface area contributed by atoms with Crippen molar-refractivity contribution in [2.75, 3.05) is 19.8 Å². The summed E-state index contributed by atoms with van der Waals surface area (Å²) in [4.78, 5) is 13.2. The number of amides is 1. The second-order valence-corrected chi connectivity index (χ2v) is 5.75. The normalized spacial score (nSPS) is 19.0. The van der Waals surface area contributed by atoms with E-state index >= 15 is 0 Å². The molecule has 2 rings (SSSR count). The van der Waals surface area contributed by atoms with Crippen LogP contribution in [0.1, 0.15) is 18.4 Å². The van der Waals surface area contributed by atoms with Crippen LogP contribution in [0.5, 0.6) is 0 Å². The lowest BCUT2D eigenvalue weighted by Gasteiger charge is -2.34. The Balaban J connectivity index is 2.10. The Morgan fingerprint density at radius 1 is 1.41 bits per heavy atom. The highest BCUT2D eigenvalue weighted by Gasteiger charge is 2.37. The summed E-state index contributed by atoms with van der Waals surface area (Å²) in [6.07, 6.45) is -3.35. The zero-order valence-corrected chi connectivity index (χ0v) is 12.7. The molecule has 0 saturated carbocycles. The van der Waals surface area contributed by atoms with Crippen molar-refractivity contribution in [2.24, 2.45) is 0 Å². The largest absolute Gasteiger partial charge is 0.406 e. The van der Waals surface area contributed by atoms with Gasteiger partial charge in [0.05, 0.1) is 19.1 Å². The van der Waals surface area contributed by atoms with E-state index in [0.717, 1.165) is 4.90 Å². The first-order chi connectivity index (χ1) is 10.3. The molecule has 1 aliphatic rings. The Morgan fingerprint density at radius 2 is 2.18 bits per heavy atom. The molecule has 122 valence electrons. The highest BCUT2D eigenvalue weighted by Crippen LogP contribution is 2.23. The SMILES string of the molecule is O=C(Cc1cccc(Cl)c1)N(CC(F)(F)F)C1CCCOC1. The van der Waals surface area contributed by atoms with Gasteiger partial charge in [0.15, 0.2) is 0 Å². The maximum atomic E-state index is 12.8. The molecular formula is C15H17ClF3NO2. The van der Waals surface area contributed by atoms with Crippen LogP contribution in [-0.4, -0.2) is 42.8 Å². The third kappa shape index (κ3) is 5.18. The average molecular weight is 336 g/mol. The van der Waals surface area contributed by atoms with Gasteiger partial charge in [0.2, 0.25) is 5.91 Å². The molecule has 0 spiro atoms. The van der Waals surface area contributed by atoms with Gasteiger partial charge in [-0.15, -0.1) is 0 Å². The highest BCUT2D eigenvalue weighted by molar-refractivity contribution is 6.30. The fourth-order valence-corrected chi connectivity index (χ4v) is 2.72. The van der Waals surface area contributed by atoms with Gasteiger partial charge in [-0.25, -0.2) is 0 Å². The van der Waals surface area contributed by atoms with Crippen molar-refractivity contribution < 1.29 is 22.7 Å². The number of hydrogen-bond acceptors (Lipinski definition) is 2. The van der Waals surface area contributed by atoms with E-state index in [1.807, 2.05) is 0 Å². The van der Waals surface area contributed by atoms with Crippen molar-refractivity contribution in [3.05, 3.63) is 34.9 Å². The van der Waals surface area contributed by atoms with Crippen molar-refractivity contribution >= 4 is 17.5 Å². The Labute approximate surface area is 132 Å². The number of carbonyl (C=O) groups excluding carboxylic acids is 1. The standard InChI is InChI=1S/C15H17ClF3NO2/c16-12-4-1-3-11(7-12)8-14(21)20(10-15(17,18)19)13-5-2-6-22-9-13/h1,3-4,7,13H,2,5-6,8-10H2. The second kappa shape index (κ2) is 7.33. The molecule has 1 aromatic rings. The minimum Gasteiger partial charge on any atom is -0.379 e. The van der Waals surface area contributed by atoms with Crippen LogP contribution in [0.25, 0.3) is 0 Å². The van der Waals surface area contributed by atoms with Gasteiger partial charge in [0.25, 0.3) is 0 Å². The Hall–Kier alpha value is -1.27. The van der Waals surface area contributed by atoms with Crippen LogP contribution < -0.4 is 0 Å². The molecule has 7 heteroatoms. The molecule has 1 unspecified atom stereocenters. The topological polar surface area (TPSA) is 29.5 Å². The lowest BCUT2D eigenvalue weighted by atomic mass is 10.1. The zero-order valence-electron chi connectivity index (χ0n) is 11.9. The van der Waals surface area contributed by atoms with Crippen LogP contribution in [0.3, 0.4) is 0 Å². The van der Waals surface area contributed by atoms with Crippen LogP contribution in [0.2, 0.25) is 5.02 Å². The Bertz CT molecular complexity index is 516. The highest BCUT2D eigenvalue weighted by atomic mass is 35.5. The summed E-state index contributed by atoms with van der Waals surface area (Å²) in [6, 6.07) is 6.05. The number of ether oxygens (including phenoxy) is 1. The van der Waals surface area contributed by atoms with Gasteiger partial charge in [-0.05, 0) is 30.5 Å².